The molecule has 1 heterocycles. The van der Waals surface area contributed by atoms with Crippen LogP contribution in [0.3, 0.4) is 0 Å². The van der Waals surface area contributed by atoms with Gasteiger partial charge in [-0.1, -0.05) is 30.3 Å². The molecule has 2 aromatic rings. The van der Waals surface area contributed by atoms with E-state index in [1.807, 2.05) is 30.3 Å². The van der Waals surface area contributed by atoms with Crippen molar-refractivity contribution < 1.29 is 38.1 Å². The summed E-state index contributed by atoms with van der Waals surface area (Å²) < 4.78 is 20.2. The molecule has 0 spiro atoms. The molecule has 0 bridgehead atoms. The second-order valence-electron chi connectivity index (χ2n) is 10.8. The number of carbonyl (C=O) groups is 4. The number of unbranched alkanes of at least 4 members (excludes halogenated alkanes) is 1. The first kappa shape index (κ1) is 35.5. The number of methoxy groups -OCH3 is 3. The van der Waals surface area contributed by atoms with Crippen LogP contribution in [-0.4, -0.2) is 90.4 Å². The van der Waals surface area contributed by atoms with E-state index in [0.29, 0.717) is 19.4 Å². The topological polar surface area (TPSA) is 192 Å². The summed E-state index contributed by atoms with van der Waals surface area (Å²) in [6.07, 6.45) is 0.694. The first-order chi connectivity index (χ1) is 20.8. The molecule has 1 aromatic heterocycles. The van der Waals surface area contributed by atoms with Crippen LogP contribution >= 0.6 is 0 Å². The summed E-state index contributed by atoms with van der Waals surface area (Å²) >= 11 is 0. The highest BCUT2D eigenvalue weighted by Gasteiger charge is 2.29. The number of hydrogen-bond acceptors (Lipinski definition) is 12. The molecule has 3 amide bonds. The lowest BCUT2D eigenvalue weighted by Crippen LogP contribution is -2.55. The normalized spacial score (nSPS) is 13.0. The van der Waals surface area contributed by atoms with Gasteiger partial charge in [0.15, 0.2) is 0 Å². The number of amides is 3. The molecule has 15 heteroatoms. The minimum atomic E-state index is -1.02. The largest absolute Gasteiger partial charge is 0.467 e. The molecule has 0 radical (unpaired) electrons. The smallest absolute Gasteiger partial charge is 0.408 e. The van der Waals surface area contributed by atoms with Gasteiger partial charge in [-0.05, 0) is 52.5 Å². The van der Waals surface area contributed by atoms with Gasteiger partial charge < -0.3 is 40.2 Å². The van der Waals surface area contributed by atoms with Gasteiger partial charge in [0.1, 0.15) is 23.7 Å². The Balaban J connectivity index is 2.09. The van der Waals surface area contributed by atoms with Gasteiger partial charge >= 0.3 is 24.1 Å². The van der Waals surface area contributed by atoms with Gasteiger partial charge in [0.25, 0.3) is 0 Å². The lowest BCUT2D eigenvalue weighted by Gasteiger charge is -2.25. The number of rotatable bonds is 16. The summed E-state index contributed by atoms with van der Waals surface area (Å²) in [5, 5.41) is 10.9. The van der Waals surface area contributed by atoms with E-state index < -0.39 is 47.6 Å². The van der Waals surface area contributed by atoms with Crippen LogP contribution in [0.25, 0.3) is 0 Å². The Morgan fingerprint density at radius 3 is 2.00 bits per heavy atom. The van der Waals surface area contributed by atoms with Gasteiger partial charge in [-0.2, -0.15) is 9.97 Å². The van der Waals surface area contributed by atoms with Gasteiger partial charge in [0.2, 0.25) is 17.8 Å². The van der Waals surface area contributed by atoms with Crippen molar-refractivity contribution in [2.24, 2.45) is 0 Å². The van der Waals surface area contributed by atoms with Crippen molar-refractivity contribution in [2.45, 2.75) is 77.1 Å². The van der Waals surface area contributed by atoms with Gasteiger partial charge in [-0.25, -0.2) is 9.59 Å². The number of hydrogen-bond donors (Lipinski definition) is 4. The van der Waals surface area contributed by atoms with Crippen LogP contribution in [0.4, 0.5) is 10.7 Å². The fraction of sp³-hybridized carbons (Fsp3) is 0.552. The van der Waals surface area contributed by atoms with E-state index in [9.17, 15) is 19.2 Å². The van der Waals surface area contributed by atoms with Gasteiger partial charge in [0.05, 0.1) is 21.3 Å². The molecule has 2 rings (SSSR count). The quantitative estimate of drug-likeness (QED) is 0.158. The minimum Gasteiger partial charge on any atom is -0.467 e. The minimum absolute atomic E-state index is 0.0866. The average Bonchev–Trinajstić information content (AvgIpc) is 2.98. The van der Waals surface area contributed by atoms with E-state index in [0.717, 1.165) is 5.56 Å². The molecule has 0 saturated heterocycles. The van der Waals surface area contributed by atoms with Crippen molar-refractivity contribution in [1.82, 2.24) is 30.9 Å². The van der Waals surface area contributed by atoms with Crippen molar-refractivity contribution in [1.29, 1.82) is 0 Å². The van der Waals surface area contributed by atoms with Crippen LogP contribution in [0.2, 0.25) is 0 Å². The van der Waals surface area contributed by atoms with Gasteiger partial charge in [-0.3, -0.25) is 9.59 Å². The molecule has 0 aliphatic rings. The fourth-order valence-corrected chi connectivity index (χ4v) is 3.85. The second-order valence-corrected chi connectivity index (χ2v) is 10.8. The third-order valence-corrected chi connectivity index (χ3v) is 6.01. The van der Waals surface area contributed by atoms with Gasteiger partial charge in [0, 0.05) is 13.0 Å². The molecule has 1 unspecified atom stereocenters. The molecule has 1 aromatic carbocycles. The molecule has 0 aliphatic heterocycles. The molecule has 0 fully saturated rings. The lowest BCUT2D eigenvalue weighted by molar-refractivity contribution is -0.145. The Kier molecular flexibility index (Phi) is 14.1. The molecule has 4 N–H and O–H groups in total. The number of nitrogens with one attached hydrogen (secondary N) is 4. The van der Waals surface area contributed by atoms with Crippen molar-refractivity contribution in [3.8, 4) is 12.0 Å². The van der Waals surface area contributed by atoms with E-state index in [-0.39, 0.29) is 30.8 Å². The second kappa shape index (κ2) is 17.4. The van der Waals surface area contributed by atoms with E-state index in [2.05, 4.69) is 36.2 Å². The Morgan fingerprint density at radius 1 is 0.818 bits per heavy atom. The molecular weight excluding hydrogens is 574 g/mol. The predicted molar refractivity (Wildman–Crippen MR) is 160 cm³/mol. The number of ether oxygens (including phenoxy) is 4. The predicted octanol–water partition coefficient (Wildman–Crippen LogP) is 1.77. The Morgan fingerprint density at radius 2 is 1.43 bits per heavy atom. The van der Waals surface area contributed by atoms with E-state index >= 15 is 0 Å². The summed E-state index contributed by atoms with van der Waals surface area (Å²) in [6, 6.07) is 6.31. The summed E-state index contributed by atoms with van der Waals surface area (Å²) in [7, 11) is 4.08. The van der Waals surface area contributed by atoms with Crippen molar-refractivity contribution in [3.63, 3.8) is 0 Å². The van der Waals surface area contributed by atoms with E-state index in [1.54, 1.807) is 20.8 Å². The van der Waals surface area contributed by atoms with E-state index in [1.165, 1.54) is 28.3 Å². The molecule has 0 saturated carbocycles. The van der Waals surface area contributed by atoms with E-state index in [4.69, 9.17) is 18.9 Å². The fourth-order valence-electron chi connectivity index (χ4n) is 3.85. The highest BCUT2D eigenvalue weighted by atomic mass is 16.6. The number of carbonyl (C=O) groups excluding carboxylic acids is 4. The summed E-state index contributed by atoms with van der Waals surface area (Å²) in [5.74, 6) is -1.55. The lowest BCUT2D eigenvalue weighted by atomic mass is 10.0. The summed E-state index contributed by atoms with van der Waals surface area (Å²) in [4.78, 5) is 63.3. The molecule has 3 atom stereocenters. The zero-order valence-electron chi connectivity index (χ0n) is 26.3. The molecule has 15 nitrogen and oxygen atoms in total. The number of esters is 1. The average molecular weight is 618 g/mol. The number of nitrogens with zero attached hydrogens (tertiary/aromatic N) is 3. The number of aromatic nitrogens is 3. The maximum absolute atomic E-state index is 13.4. The third kappa shape index (κ3) is 12.7. The molecular formula is C29H43N7O8. The molecule has 242 valence electrons. The standard InChI is InChI=1S/C29H43N7O8/c1-18(31-28(40)44-29(2,3)4)22(37)32-20(15-11-12-16-30-25-34-26(42-6)36-27(35-25)43-7)23(38)33-21(24(39)41-5)17-19-13-9-8-10-14-19/h8-10,13-14,18,20-21H,11-12,15-17H2,1-7H3,(H,31,40)(H,32,37)(H,33,38)(H,30,34,35,36)/t18-,20?,21-/m0/s1. The van der Waals surface area contributed by atoms with Crippen molar-refractivity contribution >= 4 is 29.8 Å². The SMILES string of the molecule is COC(=O)[C@H](Cc1ccccc1)NC(=O)C(CCCCNc1nc(OC)nc(OC)n1)NC(=O)[C@H](C)NC(=O)OC(C)(C)C. The number of alkyl carbamates (subject to hydrolysis) is 1. The maximum atomic E-state index is 13.4. The zero-order valence-corrected chi connectivity index (χ0v) is 26.3. The first-order valence-corrected chi connectivity index (χ1v) is 14.1. The molecule has 44 heavy (non-hydrogen) atoms. The maximum Gasteiger partial charge on any atom is 0.408 e. The highest BCUT2D eigenvalue weighted by molar-refractivity contribution is 5.93. The first-order valence-electron chi connectivity index (χ1n) is 14.1. The van der Waals surface area contributed by atoms with Crippen molar-refractivity contribution in [2.75, 3.05) is 33.2 Å². The van der Waals surface area contributed by atoms with Crippen LogP contribution in [0, 0.1) is 0 Å². The van der Waals surface area contributed by atoms with Crippen LogP contribution in [-0.2, 0) is 30.3 Å². The van der Waals surface area contributed by atoms with Crippen LogP contribution in [0.1, 0.15) is 52.5 Å². The Labute approximate surface area is 257 Å². The van der Waals surface area contributed by atoms with Crippen LogP contribution < -0.4 is 30.7 Å². The third-order valence-electron chi connectivity index (χ3n) is 6.01. The molecule has 0 aliphatic carbocycles. The highest BCUT2D eigenvalue weighted by Crippen LogP contribution is 2.13. The number of anilines is 1. The van der Waals surface area contributed by atoms with Crippen molar-refractivity contribution in [3.05, 3.63) is 35.9 Å². The summed E-state index contributed by atoms with van der Waals surface area (Å²) in [5.41, 5.74) is 0.0623. The Hall–Kier alpha value is -4.69. The number of benzene rings is 1. The van der Waals surface area contributed by atoms with Crippen LogP contribution in [0.15, 0.2) is 30.3 Å². The van der Waals surface area contributed by atoms with Gasteiger partial charge in [-0.15, -0.1) is 4.98 Å². The summed E-state index contributed by atoms with van der Waals surface area (Å²) in [6.45, 7) is 7.00. The van der Waals surface area contributed by atoms with Crippen LogP contribution in [0.5, 0.6) is 12.0 Å². The zero-order chi connectivity index (χ0) is 32.7. The monoisotopic (exact) mass is 617 g/mol. The Bertz CT molecular complexity index is 1220.